The van der Waals surface area contributed by atoms with Crippen LogP contribution in [0.5, 0.6) is 0 Å². The van der Waals surface area contributed by atoms with Gasteiger partial charge in [0.1, 0.15) is 5.56 Å². The van der Waals surface area contributed by atoms with Crippen molar-refractivity contribution in [1.29, 1.82) is 0 Å². The molecule has 0 saturated carbocycles. The first-order chi connectivity index (χ1) is 8.93. The second-order valence-electron chi connectivity index (χ2n) is 3.37. The van der Waals surface area contributed by atoms with Crippen LogP contribution in [0.1, 0.15) is 15.9 Å². The highest BCUT2D eigenvalue weighted by Gasteiger charge is 2.23. The molecule has 19 heavy (non-hydrogen) atoms. The van der Waals surface area contributed by atoms with Gasteiger partial charge in [0.25, 0.3) is 5.69 Å². The van der Waals surface area contributed by atoms with E-state index in [9.17, 15) is 19.7 Å². The van der Waals surface area contributed by atoms with Crippen molar-refractivity contribution in [2.24, 2.45) is 10.8 Å². The Kier molecular flexibility index (Phi) is 4.52. The Morgan fingerprint density at radius 2 is 2.21 bits per heavy atom. The summed E-state index contributed by atoms with van der Waals surface area (Å²) in [7, 11) is 0. The molecule has 0 fully saturated rings. The lowest BCUT2D eigenvalue weighted by atomic mass is 10.1. The molecule has 0 radical (unpaired) electrons. The number of carbonyl (C=O) groups is 2. The number of primary amides is 1. The van der Waals surface area contributed by atoms with Crippen molar-refractivity contribution in [3.8, 4) is 0 Å². The summed E-state index contributed by atoms with van der Waals surface area (Å²) in [4.78, 5) is 31.4. The number of carboxylic acids is 1. The Morgan fingerprint density at radius 3 is 2.74 bits per heavy atom. The van der Waals surface area contributed by atoms with Gasteiger partial charge in [-0.1, -0.05) is 12.1 Å². The van der Waals surface area contributed by atoms with E-state index in [1.807, 2.05) is 5.43 Å². The zero-order chi connectivity index (χ0) is 14.4. The van der Waals surface area contributed by atoms with Crippen LogP contribution in [0.4, 0.5) is 10.5 Å². The molecular formula is C10H10N4O5. The summed E-state index contributed by atoms with van der Waals surface area (Å²) in [6.45, 7) is 0. The number of nitrogens with two attached hydrogens (primary N) is 1. The number of nitro groups is 1. The number of hydrogen-bond acceptors (Lipinski definition) is 5. The summed E-state index contributed by atoms with van der Waals surface area (Å²) in [5.74, 6) is -1.39. The van der Waals surface area contributed by atoms with E-state index in [4.69, 9.17) is 10.8 Å². The average Bonchev–Trinajstić information content (AvgIpc) is 2.33. The molecule has 100 valence electrons. The Bertz CT molecular complexity index is 555. The number of para-hydroxylation sites is 1. The van der Waals surface area contributed by atoms with Crippen molar-refractivity contribution in [3.63, 3.8) is 0 Å². The highest BCUT2D eigenvalue weighted by molar-refractivity contribution is 5.93. The standard InChI is InChI=1S/C10H10N4O5/c11-10(17)13-12-5-4-6-2-1-3-7(9(15)16)8(6)14(18)19/h1-3,5H,4H2,(H,15,16)(H3,11,13,17)/b12-5+. The van der Waals surface area contributed by atoms with Gasteiger partial charge >= 0.3 is 12.0 Å². The van der Waals surface area contributed by atoms with E-state index in [0.717, 1.165) is 6.07 Å². The molecule has 9 nitrogen and oxygen atoms in total. The fourth-order valence-corrected chi connectivity index (χ4v) is 1.40. The SMILES string of the molecule is NC(=O)N/N=C/Cc1cccc(C(=O)O)c1[N+](=O)[O-]. The van der Waals surface area contributed by atoms with Crippen LogP contribution >= 0.6 is 0 Å². The van der Waals surface area contributed by atoms with E-state index in [1.54, 1.807) is 0 Å². The van der Waals surface area contributed by atoms with Gasteiger partial charge in [-0.25, -0.2) is 15.0 Å². The average molecular weight is 266 g/mol. The molecule has 0 aliphatic rings. The lowest BCUT2D eigenvalue weighted by Crippen LogP contribution is -2.24. The number of hydrogen-bond donors (Lipinski definition) is 3. The van der Waals surface area contributed by atoms with Crippen molar-refractivity contribution in [2.45, 2.75) is 6.42 Å². The zero-order valence-corrected chi connectivity index (χ0v) is 9.57. The normalized spacial score (nSPS) is 10.3. The molecule has 0 aromatic heterocycles. The fourth-order valence-electron chi connectivity index (χ4n) is 1.40. The van der Waals surface area contributed by atoms with E-state index in [0.29, 0.717) is 0 Å². The molecular weight excluding hydrogens is 256 g/mol. The summed E-state index contributed by atoms with van der Waals surface area (Å²) >= 11 is 0. The summed E-state index contributed by atoms with van der Waals surface area (Å²) < 4.78 is 0. The molecule has 0 aliphatic heterocycles. The van der Waals surface area contributed by atoms with Crippen molar-refractivity contribution in [2.75, 3.05) is 0 Å². The Morgan fingerprint density at radius 1 is 1.53 bits per heavy atom. The molecule has 0 atom stereocenters. The largest absolute Gasteiger partial charge is 0.477 e. The first kappa shape index (κ1) is 14.1. The van der Waals surface area contributed by atoms with Crippen LogP contribution in [0.15, 0.2) is 23.3 Å². The maximum atomic E-state index is 10.9. The smallest absolute Gasteiger partial charge is 0.342 e. The first-order valence-electron chi connectivity index (χ1n) is 5.00. The Labute approximate surface area is 106 Å². The number of hydrazone groups is 1. The summed E-state index contributed by atoms with van der Waals surface area (Å²) in [6.07, 6.45) is 1.16. The number of aromatic carboxylic acids is 1. The third kappa shape index (κ3) is 3.77. The molecule has 1 aromatic rings. The number of nitrogens with zero attached hydrogens (tertiary/aromatic N) is 2. The second-order valence-corrected chi connectivity index (χ2v) is 3.37. The molecule has 1 rings (SSSR count). The quantitative estimate of drug-likeness (QED) is 0.403. The van der Waals surface area contributed by atoms with Gasteiger partial charge in [0.15, 0.2) is 0 Å². The molecule has 0 heterocycles. The highest BCUT2D eigenvalue weighted by Crippen LogP contribution is 2.23. The van der Waals surface area contributed by atoms with E-state index < -0.39 is 28.2 Å². The molecule has 2 amide bonds. The summed E-state index contributed by atoms with van der Waals surface area (Å²) in [6, 6.07) is 3.06. The maximum Gasteiger partial charge on any atom is 0.342 e. The van der Waals surface area contributed by atoms with Gasteiger partial charge in [-0.2, -0.15) is 5.10 Å². The number of urea groups is 1. The molecule has 4 N–H and O–H groups in total. The van der Waals surface area contributed by atoms with Crippen LogP contribution in [-0.2, 0) is 6.42 Å². The van der Waals surface area contributed by atoms with Gasteiger partial charge in [-0.05, 0) is 6.07 Å². The Hall–Kier alpha value is -2.97. The van der Waals surface area contributed by atoms with Gasteiger partial charge in [0, 0.05) is 18.2 Å². The summed E-state index contributed by atoms with van der Waals surface area (Å²) in [5, 5.41) is 23.2. The maximum absolute atomic E-state index is 10.9. The van der Waals surface area contributed by atoms with Crippen molar-refractivity contribution in [3.05, 3.63) is 39.4 Å². The molecule has 0 unspecified atom stereocenters. The van der Waals surface area contributed by atoms with E-state index >= 15 is 0 Å². The summed E-state index contributed by atoms with van der Waals surface area (Å²) in [5.41, 5.74) is 5.95. The third-order valence-corrected chi connectivity index (χ3v) is 2.11. The van der Waals surface area contributed by atoms with Crippen LogP contribution in [0, 0.1) is 10.1 Å². The number of amides is 2. The molecule has 0 aliphatic carbocycles. The van der Waals surface area contributed by atoms with Gasteiger partial charge in [-0.15, -0.1) is 0 Å². The fraction of sp³-hybridized carbons (Fsp3) is 0.100. The molecule has 0 bridgehead atoms. The van der Waals surface area contributed by atoms with Gasteiger partial charge in [0.2, 0.25) is 0 Å². The van der Waals surface area contributed by atoms with Crippen LogP contribution in [0.25, 0.3) is 0 Å². The molecule has 1 aromatic carbocycles. The van der Waals surface area contributed by atoms with Crippen molar-refractivity contribution >= 4 is 23.9 Å². The highest BCUT2D eigenvalue weighted by atomic mass is 16.6. The van der Waals surface area contributed by atoms with Crippen LogP contribution in [0.2, 0.25) is 0 Å². The van der Waals surface area contributed by atoms with Crippen LogP contribution in [-0.4, -0.2) is 28.2 Å². The van der Waals surface area contributed by atoms with Gasteiger partial charge in [-0.3, -0.25) is 10.1 Å². The van der Waals surface area contributed by atoms with Crippen molar-refractivity contribution < 1.29 is 19.6 Å². The number of nitro benzene ring substituents is 1. The molecule has 0 saturated heterocycles. The Balaban J connectivity index is 3.04. The zero-order valence-electron chi connectivity index (χ0n) is 9.57. The number of rotatable bonds is 5. The number of benzene rings is 1. The minimum absolute atomic E-state index is 0.0162. The first-order valence-corrected chi connectivity index (χ1v) is 5.00. The van der Waals surface area contributed by atoms with E-state index in [1.165, 1.54) is 18.3 Å². The number of carbonyl (C=O) groups excluding carboxylic acids is 1. The van der Waals surface area contributed by atoms with Gasteiger partial charge < -0.3 is 10.8 Å². The molecule has 0 spiro atoms. The van der Waals surface area contributed by atoms with Crippen LogP contribution < -0.4 is 11.2 Å². The van der Waals surface area contributed by atoms with Crippen molar-refractivity contribution in [1.82, 2.24) is 5.43 Å². The van der Waals surface area contributed by atoms with E-state index in [2.05, 4.69) is 5.10 Å². The minimum Gasteiger partial charge on any atom is -0.477 e. The predicted molar refractivity (Wildman–Crippen MR) is 65.0 cm³/mol. The van der Waals surface area contributed by atoms with Gasteiger partial charge in [0.05, 0.1) is 4.92 Å². The topological polar surface area (TPSA) is 148 Å². The van der Waals surface area contributed by atoms with E-state index in [-0.39, 0.29) is 12.0 Å². The lowest BCUT2D eigenvalue weighted by molar-refractivity contribution is -0.385. The molecule has 9 heteroatoms. The monoisotopic (exact) mass is 266 g/mol. The lowest BCUT2D eigenvalue weighted by Gasteiger charge is -2.02. The van der Waals surface area contributed by atoms with Crippen LogP contribution in [0.3, 0.4) is 0 Å². The third-order valence-electron chi connectivity index (χ3n) is 2.11. The predicted octanol–water partition coefficient (Wildman–Crippen LogP) is 0.490. The number of carboxylic acid groups (broad SMARTS) is 1. The second kappa shape index (κ2) is 6.10. The minimum atomic E-state index is -1.39. The number of nitrogens with one attached hydrogen (secondary N) is 1.